The molecule has 5 nitrogen and oxygen atoms in total. The van der Waals surface area contributed by atoms with Crippen LogP contribution in [0.1, 0.15) is 13.3 Å². The smallest absolute Gasteiger partial charge is 0.329 e. The van der Waals surface area contributed by atoms with E-state index >= 15 is 0 Å². The van der Waals surface area contributed by atoms with Crippen molar-refractivity contribution in [2.24, 2.45) is 11.8 Å². The van der Waals surface area contributed by atoms with E-state index in [0.717, 1.165) is 6.42 Å². The minimum atomic E-state index is -0.993. The Morgan fingerprint density at radius 1 is 1.57 bits per heavy atom. The maximum absolute atomic E-state index is 11.2. The average molecular weight is 201 g/mol. The molecule has 0 aliphatic heterocycles. The Kier molecular flexibility index (Phi) is 3.88. The minimum absolute atomic E-state index is 0.0522. The van der Waals surface area contributed by atoms with Gasteiger partial charge in [-0.05, 0) is 12.3 Å². The van der Waals surface area contributed by atoms with Crippen LogP contribution in [0.15, 0.2) is 0 Å². The normalized spacial score (nSPS) is 24.4. The zero-order valence-electron chi connectivity index (χ0n) is 8.16. The average Bonchev–Trinajstić information content (AvgIpc) is 2.81. The van der Waals surface area contributed by atoms with E-state index in [2.05, 4.69) is 5.32 Å². The molecule has 0 spiro atoms. The van der Waals surface area contributed by atoms with Crippen molar-refractivity contribution in [3.8, 4) is 0 Å². The second-order valence-electron chi connectivity index (χ2n) is 3.56. The summed E-state index contributed by atoms with van der Waals surface area (Å²) in [5, 5.41) is 10.9. The van der Waals surface area contributed by atoms with Crippen LogP contribution in [0, 0.1) is 11.8 Å². The number of carboxylic acid groups (broad SMARTS) is 1. The number of nitrogens with one attached hydrogen (secondary N) is 1. The lowest BCUT2D eigenvalue weighted by molar-refractivity contribution is -0.142. The predicted molar refractivity (Wildman–Crippen MR) is 48.7 cm³/mol. The molecule has 0 aromatic carbocycles. The van der Waals surface area contributed by atoms with E-state index in [1.807, 2.05) is 6.92 Å². The van der Waals surface area contributed by atoms with Gasteiger partial charge in [0.25, 0.3) is 0 Å². The van der Waals surface area contributed by atoms with Crippen LogP contribution in [-0.4, -0.2) is 36.7 Å². The molecule has 1 rings (SSSR count). The van der Waals surface area contributed by atoms with E-state index in [0.29, 0.717) is 12.5 Å². The summed E-state index contributed by atoms with van der Waals surface area (Å²) in [6, 6.07) is 0. The van der Waals surface area contributed by atoms with Gasteiger partial charge in [0.1, 0.15) is 6.61 Å². The first-order chi connectivity index (χ1) is 6.61. The van der Waals surface area contributed by atoms with Crippen LogP contribution in [0.2, 0.25) is 0 Å². The summed E-state index contributed by atoms with van der Waals surface area (Å²) < 4.78 is 4.76. The molecule has 80 valence electrons. The molecule has 2 N–H and O–H groups in total. The van der Waals surface area contributed by atoms with E-state index < -0.39 is 5.97 Å². The molecule has 2 atom stereocenters. The fourth-order valence-electron chi connectivity index (χ4n) is 1.22. The van der Waals surface area contributed by atoms with Gasteiger partial charge in [0.15, 0.2) is 0 Å². The molecular formula is C9H15NO4. The molecule has 5 heteroatoms. The summed E-state index contributed by atoms with van der Waals surface area (Å²) in [6.45, 7) is 2.36. The highest BCUT2D eigenvalue weighted by Crippen LogP contribution is 2.37. The third-order valence-electron chi connectivity index (χ3n) is 2.22. The topological polar surface area (TPSA) is 75.6 Å². The first-order valence-electron chi connectivity index (χ1n) is 4.68. The van der Waals surface area contributed by atoms with Gasteiger partial charge in [0.05, 0.1) is 6.61 Å². The first kappa shape index (κ1) is 11.0. The van der Waals surface area contributed by atoms with Crippen molar-refractivity contribution in [3.63, 3.8) is 0 Å². The fourth-order valence-corrected chi connectivity index (χ4v) is 1.22. The monoisotopic (exact) mass is 201 g/mol. The number of aliphatic carboxylic acids is 1. The summed E-state index contributed by atoms with van der Waals surface area (Å²) in [5.74, 6) is -0.284. The maximum atomic E-state index is 11.2. The molecule has 1 amide bonds. The molecule has 0 saturated heterocycles. The molecule has 0 bridgehead atoms. The van der Waals surface area contributed by atoms with Gasteiger partial charge in [0, 0.05) is 12.5 Å². The van der Waals surface area contributed by atoms with Gasteiger partial charge in [-0.15, -0.1) is 0 Å². The predicted octanol–water partition coefficient (Wildman–Crippen LogP) is -0.140. The summed E-state index contributed by atoms with van der Waals surface area (Å²) >= 11 is 0. The van der Waals surface area contributed by atoms with Crippen molar-refractivity contribution in [2.75, 3.05) is 19.8 Å². The summed E-state index contributed by atoms with van der Waals surface area (Å²) in [4.78, 5) is 21.3. The number of ether oxygens (including phenoxy) is 1. The maximum Gasteiger partial charge on any atom is 0.329 e. The summed E-state index contributed by atoms with van der Waals surface area (Å²) in [7, 11) is 0. The number of carboxylic acids is 1. The molecule has 0 aromatic heterocycles. The highest BCUT2D eigenvalue weighted by Gasteiger charge is 2.38. The zero-order chi connectivity index (χ0) is 10.6. The molecule has 1 aliphatic carbocycles. The Bertz CT molecular complexity index is 229. The molecule has 1 saturated carbocycles. The lowest BCUT2D eigenvalue weighted by Crippen LogP contribution is -2.29. The van der Waals surface area contributed by atoms with E-state index in [9.17, 15) is 9.59 Å². The second kappa shape index (κ2) is 4.95. The number of carbonyl (C=O) groups is 2. The standard InChI is InChI=1S/C9H15NO4/c1-6-4-7(6)9(13)10-2-3-14-5-8(11)12/h6-7H,2-5H2,1H3,(H,10,13)(H,11,12). The van der Waals surface area contributed by atoms with Gasteiger partial charge in [0.2, 0.25) is 5.91 Å². The Morgan fingerprint density at radius 3 is 2.71 bits per heavy atom. The van der Waals surface area contributed by atoms with Crippen LogP contribution >= 0.6 is 0 Å². The van der Waals surface area contributed by atoms with Crippen LogP contribution in [0.3, 0.4) is 0 Å². The van der Waals surface area contributed by atoms with Gasteiger partial charge in [-0.1, -0.05) is 6.92 Å². The van der Waals surface area contributed by atoms with Crippen molar-refractivity contribution in [3.05, 3.63) is 0 Å². The van der Waals surface area contributed by atoms with Gasteiger partial charge in [-0.3, -0.25) is 4.79 Å². The highest BCUT2D eigenvalue weighted by molar-refractivity contribution is 5.81. The van der Waals surface area contributed by atoms with Crippen LogP contribution in [0.5, 0.6) is 0 Å². The number of hydrogen-bond acceptors (Lipinski definition) is 3. The van der Waals surface area contributed by atoms with Crippen molar-refractivity contribution < 1.29 is 19.4 Å². The van der Waals surface area contributed by atoms with Gasteiger partial charge in [-0.25, -0.2) is 4.79 Å². The first-order valence-corrected chi connectivity index (χ1v) is 4.68. The molecular weight excluding hydrogens is 186 g/mol. The molecule has 14 heavy (non-hydrogen) atoms. The fraction of sp³-hybridized carbons (Fsp3) is 0.778. The van der Waals surface area contributed by atoms with E-state index in [1.165, 1.54) is 0 Å². The molecule has 1 aliphatic rings. The van der Waals surface area contributed by atoms with Crippen molar-refractivity contribution >= 4 is 11.9 Å². The van der Waals surface area contributed by atoms with Crippen molar-refractivity contribution in [1.82, 2.24) is 5.32 Å². The molecule has 0 aromatic rings. The van der Waals surface area contributed by atoms with Crippen LogP contribution in [0.25, 0.3) is 0 Å². The van der Waals surface area contributed by atoms with E-state index in [1.54, 1.807) is 0 Å². The van der Waals surface area contributed by atoms with E-state index in [4.69, 9.17) is 9.84 Å². The zero-order valence-corrected chi connectivity index (χ0v) is 8.16. The van der Waals surface area contributed by atoms with Gasteiger partial charge < -0.3 is 15.2 Å². The lowest BCUT2D eigenvalue weighted by Gasteiger charge is -2.03. The third kappa shape index (κ3) is 3.74. The number of amides is 1. The van der Waals surface area contributed by atoms with Crippen LogP contribution in [0.4, 0.5) is 0 Å². The Morgan fingerprint density at radius 2 is 2.21 bits per heavy atom. The number of rotatable bonds is 6. The molecule has 0 heterocycles. The van der Waals surface area contributed by atoms with Crippen molar-refractivity contribution in [2.45, 2.75) is 13.3 Å². The summed E-state index contributed by atoms with van der Waals surface area (Å²) in [6.07, 6.45) is 0.960. The van der Waals surface area contributed by atoms with E-state index in [-0.39, 0.29) is 25.0 Å². The second-order valence-corrected chi connectivity index (χ2v) is 3.56. The van der Waals surface area contributed by atoms with Gasteiger partial charge in [-0.2, -0.15) is 0 Å². The van der Waals surface area contributed by atoms with Crippen LogP contribution in [-0.2, 0) is 14.3 Å². The molecule has 0 radical (unpaired) electrons. The quantitative estimate of drug-likeness (QED) is 0.586. The highest BCUT2D eigenvalue weighted by atomic mass is 16.5. The number of hydrogen-bond donors (Lipinski definition) is 2. The minimum Gasteiger partial charge on any atom is -0.480 e. The molecule has 1 fully saturated rings. The SMILES string of the molecule is CC1CC1C(=O)NCCOCC(=O)O. The van der Waals surface area contributed by atoms with Gasteiger partial charge >= 0.3 is 5.97 Å². The summed E-state index contributed by atoms with van der Waals surface area (Å²) in [5.41, 5.74) is 0. The molecule has 2 unspecified atom stereocenters. The largest absolute Gasteiger partial charge is 0.480 e. The van der Waals surface area contributed by atoms with Crippen molar-refractivity contribution in [1.29, 1.82) is 0 Å². The third-order valence-corrected chi connectivity index (χ3v) is 2.22. The Labute approximate surface area is 82.4 Å². The lowest BCUT2D eigenvalue weighted by atomic mass is 10.3. The Hall–Kier alpha value is -1.10. The van der Waals surface area contributed by atoms with Crippen LogP contribution < -0.4 is 5.32 Å². The number of carbonyl (C=O) groups excluding carboxylic acids is 1. The Balaban J connectivity index is 1.93.